The molecule has 0 spiro atoms. The Morgan fingerprint density at radius 3 is 2.60 bits per heavy atom. The molecule has 0 amide bonds. The van der Waals surface area contributed by atoms with Crippen LogP contribution in [0.15, 0.2) is 35.1 Å². The average Bonchev–Trinajstić information content (AvgIpc) is 2.38. The van der Waals surface area contributed by atoms with Crippen LogP contribution in [0.1, 0.15) is 26.3 Å². The maximum Gasteiger partial charge on any atom is 0.252 e. The second-order valence-electron chi connectivity index (χ2n) is 5.58. The molecule has 0 aliphatic carbocycles. The lowest BCUT2D eigenvalue weighted by molar-refractivity contribution is 0.102. The zero-order valence-electron chi connectivity index (χ0n) is 12.3. The molecule has 0 saturated heterocycles. The van der Waals surface area contributed by atoms with E-state index in [9.17, 15) is 9.90 Å². The van der Waals surface area contributed by atoms with Gasteiger partial charge in [0, 0.05) is 30.2 Å². The highest BCUT2D eigenvalue weighted by molar-refractivity contribution is 5.78. The Morgan fingerprint density at radius 1 is 1.25 bits per heavy atom. The lowest BCUT2D eigenvalue weighted by atomic mass is 10.1. The number of aliphatic hydroxyl groups is 1. The van der Waals surface area contributed by atoms with Crippen LogP contribution in [0.4, 0.5) is 0 Å². The van der Waals surface area contributed by atoms with Crippen LogP contribution in [-0.4, -0.2) is 33.7 Å². The van der Waals surface area contributed by atoms with Crippen molar-refractivity contribution in [2.75, 3.05) is 6.54 Å². The molecule has 108 valence electrons. The summed E-state index contributed by atoms with van der Waals surface area (Å²) in [5.41, 5.74) is 1.53. The molecule has 0 fully saturated rings. The predicted octanol–water partition coefficient (Wildman–Crippen LogP) is 2.12. The molecule has 1 unspecified atom stereocenters. The number of H-pyrrole nitrogens is 1. The standard InChI is InChI=1S/C16H22N2O2/c1-11(2)18(9-12(3)19)10-14-8-13-6-4-5-7-15(13)17-16(14)20/h4-8,11-12,19H,9-10H2,1-3H3,(H,17,20). The SMILES string of the molecule is CC(O)CN(Cc1cc2ccccc2[nH]c1=O)C(C)C. The van der Waals surface area contributed by atoms with Crippen LogP contribution in [0, 0.1) is 0 Å². The highest BCUT2D eigenvalue weighted by atomic mass is 16.3. The maximum absolute atomic E-state index is 12.1. The largest absolute Gasteiger partial charge is 0.392 e. The Labute approximate surface area is 119 Å². The van der Waals surface area contributed by atoms with Crippen molar-refractivity contribution < 1.29 is 5.11 Å². The Morgan fingerprint density at radius 2 is 1.95 bits per heavy atom. The average molecular weight is 274 g/mol. The molecular weight excluding hydrogens is 252 g/mol. The normalized spacial score (nSPS) is 13.3. The number of aromatic nitrogens is 1. The Balaban J connectivity index is 2.32. The number of benzene rings is 1. The van der Waals surface area contributed by atoms with Gasteiger partial charge in [-0.25, -0.2) is 0 Å². The fourth-order valence-corrected chi connectivity index (χ4v) is 2.33. The molecule has 2 N–H and O–H groups in total. The van der Waals surface area contributed by atoms with Crippen LogP contribution in [0.3, 0.4) is 0 Å². The minimum Gasteiger partial charge on any atom is -0.392 e. The molecule has 2 aromatic rings. The van der Waals surface area contributed by atoms with E-state index in [-0.39, 0.29) is 11.6 Å². The van der Waals surface area contributed by atoms with Gasteiger partial charge in [0.2, 0.25) is 0 Å². The van der Waals surface area contributed by atoms with Crippen LogP contribution < -0.4 is 5.56 Å². The molecule has 20 heavy (non-hydrogen) atoms. The fraction of sp³-hybridized carbons (Fsp3) is 0.438. The molecule has 1 aromatic heterocycles. The van der Waals surface area contributed by atoms with Crippen molar-refractivity contribution in [3.8, 4) is 0 Å². The summed E-state index contributed by atoms with van der Waals surface area (Å²) >= 11 is 0. The summed E-state index contributed by atoms with van der Waals surface area (Å²) in [4.78, 5) is 17.1. The number of pyridine rings is 1. The van der Waals surface area contributed by atoms with E-state index < -0.39 is 6.10 Å². The van der Waals surface area contributed by atoms with Gasteiger partial charge in [0.05, 0.1) is 6.10 Å². The second kappa shape index (κ2) is 6.20. The molecule has 1 aromatic carbocycles. The third-order valence-electron chi connectivity index (χ3n) is 3.43. The number of aliphatic hydroxyl groups excluding tert-OH is 1. The van der Waals surface area contributed by atoms with Crippen LogP contribution >= 0.6 is 0 Å². The summed E-state index contributed by atoms with van der Waals surface area (Å²) in [6.45, 7) is 7.00. The lowest BCUT2D eigenvalue weighted by Gasteiger charge is -2.27. The molecule has 2 rings (SSSR count). The molecule has 4 heteroatoms. The molecule has 0 saturated carbocycles. The van der Waals surface area contributed by atoms with E-state index in [2.05, 4.69) is 23.7 Å². The zero-order valence-corrected chi connectivity index (χ0v) is 12.3. The van der Waals surface area contributed by atoms with Gasteiger partial charge in [-0.2, -0.15) is 0 Å². The first kappa shape index (κ1) is 14.8. The van der Waals surface area contributed by atoms with Gasteiger partial charge in [0.25, 0.3) is 5.56 Å². The van der Waals surface area contributed by atoms with Gasteiger partial charge in [-0.15, -0.1) is 0 Å². The summed E-state index contributed by atoms with van der Waals surface area (Å²) in [6, 6.07) is 9.97. The number of para-hydroxylation sites is 1. The molecule has 0 aliphatic heterocycles. The molecule has 0 radical (unpaired) electrons. The molecule has 0 aliphatic rings. The summed E-state index contributed by atoms with van der Waals surface area (Å²) in [5, 5.41) is 10.6. The number of hydrogen-bond donors (Lipinski definition) is 2. The van der Waals surface area contributed by atoms with Crippen molar-refractivity contribution in [3.05, 3.63) is 46.2 Å². The molecular formula is C16H22N2O2. The fourth-order valence-electron chi connectivity index (χ4n) is 2.33. The van der Waals surface area contributed by atoms with Crippen molar-refractivity contribution in [1.82, 2.24) is 9.88 Å². The van der Waals surface area contributed by atoms with Gasteiger partial charge in [0.15, 0.2) is 0 Å². The number of hydrogen-bond acceptors (Lipinski definition) is 3. The number of nitrogens with zero attached hydrogens (tertiary/aromatic N) is 1. The van der Waals surface area contributed by atoms with Crippen molar-refractivity contribution >= 4 is 10.9 Å². The van der Waals surface area contributed by atoms with Crippen LogP contribution in [0.2, 0.25) is 0 Å². The van der Waals surface area contributed by atoms with E-state index in [0.717, 1.165) is 16.5 Å². The second-order valence-corrected chi connectivity index (χ2v) is 5.58. The topological polar surface area (TPSA) is 56.3 Å². The monoisotopic (exact) mass is 274 g/mol. The van der Waals surface area contributed by atoms with Crippen molar-refractivity contribution in [3.63, 3.8) is 0 Å². The summed E-state index contributed by atoms with van der Waals surface area (Å²) in [7, 11) is 0. The highest BCUT2D eigenvalue weighted by Crippen LogP contribution is 2.12. The van der Waals surface area contributed by atoms with E-state index in [0.29, 0.717) is 13.1 Å². The maximum atomic E-state index is 12.1. The van der Waals surface area contributed by atoms with Gasteiger partial charge >= 0.3 is 0 Å². The minimum atomic E-state index is -0.406. The minimum absolute atomic E-state index is 0.0556. The van der Waals surface area contributed by atoms with E-state index in [1.165, 1.54) is 0 Å². The van der Waals surface area contributed by atoms with E-state index in [1.807, 2.05) is 30.3 Å². The van der Waals surface area contributed by atoms with E-state index >= 15 is 0 Å². The van der Waals surface area contributed by atoms with Crippen LogP contribution in [-0.2, 0) is 6.54 Å². The predicted molar refractivity (Wildman–Crippen MR) is 81.8 cm³/mol. The quantitative estimate of drug-likeness (QED) is 0.878. The molecule has 0 bridgehead atoms. The zero-order chi connectivity index (χ0) is 14.7. The van der Waals surface area contributed by atoms with Crippen molar-refractivity contribution in [1.29, 1.82) is 0 Å². The molecule has 4 nitrogen and oxygen atoms in total. The third kappa shape index (κ3) is 3.46. The molecule has 1 heterocycles. The summed E-state index contributed by atoms with van der Waals surface area (Å²) in [5.74, 6) is 0. The van der Waals surface area contributed by atoms with Gasteiger partial charge in [-0.05, 0) is 38.3 Å². The van der Waals surface area contributed by atoms with E-state index in [4.69, 9.17) is 0 Å². The van der Waals surface area contributed by atoms with Crippen LogP contribution in [0.5, 0.6) is 0 Å². The number of aromatic amines is 1. The van der Waals surface area contributed by atoms with Crippen molar-refractivity contribution in [2.24, 2.45) is 0 Å². The first-order valence-electron chi connectivity index (χ1n) is 7.00. The van der Waals surface area contributed by atoms with Gasteiger partial charge < -0.3 is 10.1 Å². The van der Waals surface area contributed by atoms with Gasteiger partial charge in [-0.1, -0.05) is 18.2 Å². The summed E-state index contributed by atoms with van der Waals surface area (Å²) < 4.78 is 0. The Bertz CT molecular complexity index is 632. The third-order valence-corrected chi connectivity index (χ3v) is 3.43. The molecule has 1 atom stereocenters. The lowest BCUT2D eigenvalue weighted by Crippen LogP contribution is -2.37. The van der Waals surface area contributed by atoms with Gasteiger partial charge in [0.1, 0.15) is 0 Å². The van der Waals surface area contributed by atoms with Crippen molar-refractivity contribution in [2.45, 2.75) is 39.5 Å². The number of rotatable bonds is 5. The number of nitrogens with one attached hydrogen (secondary N) is 1. The van der Waals surface area contributed by atoms with E-state index in [1.54, 1.807) is 6.92 Å². The first-order chi connectivity index (χ1) is 9.47. The highest BCUT2D eigenvalue weighted by Gasteiger charge is 2.14. The smallest absolute Gasteiger partial charge is 0.252 e. The Hall–Kier alpha value is -1.65. The first-order valence-corrected chi connectivity index (χ1v) is 7.00. The summed E-state index contributed by atoms with van der Waals surface area (Å²) in [6.07, 6.45) is -0.406. The number of fused-ring (bicyclic) bond motifs is 1. The van der Waals surface area contributed by atoms with Crippen LogP contribution in [0.25, 0.3) is 10.9 Å². The van der Waals surface area contributed by atoms with Gasteiger partial charge in [-0.3, -0.25) is 9.69 Å². The Kier molecular flexibility index (Phi) is 4.57.